The summed E-state index contributed by atoms with van der Waals surface area (Å²) in [5, 5.41) is 9.30. The van der Waals surface area contributed by atoms with Crippen LogP contribution in [-0.4, -0.2) is 59.8 Å². The van der Waals surface area contributed by atoms with E-state index >= 15 is 0 Å². The summed E-state index contributed by atoms with van der Waals surface area (Å²) < 4.78 is 11.4. The quantitative estimate of drug-likeness (QED) is 0.837. The molecule has 7 heteroatoms. The lowest BCUT2D eigenvalue weighted by Crippen LogP contribution is -2.49. The number of carboxylic acids is 1. The zero-order valence-corrected chi connectivity index (χ0v) is 17.0. The second kappa shape index (κ2) is 8.75. The van der Waals surface area contributed by atoms with Crippen molar-refractivity contribution in [1.82, 2.24) is 9.80 Å². The maximum atomic E-state index is 13.5. The van der Waals surface area contributed by atoms with E-state index in [0.717, 1.165) is 24.0 Å². The van der Waals surface area contributed by atoms with E-state index in [1.807, 2.05) is 40.1 Å². The third-order valence-electron chi connectivity index (χ3n) is 5.90. The van der Waals surface area contributed by atoms with Crippen molar-refractivity contribution in [3.8, 4) is 5.75 Å². The molecule has 1 N–H and O–H groups in total. The highest BCUT2D eigenvalue weighted by Crippen LogP contribution is 2.33. The first-order valence-electron chi connectivity index (χ1n) is 10.2. The summed E-state index contributed by atoms with van der Waals surface area (Å²) in [7, 11) is 1.71. The van der Waals surface area contributed by atoms with Gasteiger partial charge in [-0.3, -0.25) is 0 Å². The molecule has 0 aromatic heterocycles. The lowest BCUT2D eigenvalue weighted by Gasteiger charge is -2.38. The lowest BCUT2D eigenvalue weighted by atomic mass is 10.0. The Morgan fingerprint density at radius 1 is 1.10 bits per heavy atom. The van der Waals surface area contributed by atoms with E-state index in [-0.39, 0.29) is 30.3 Å². The maximum Gasteiger partial charge on any atom is 0.335 e. The van der Waals surface area contributed by atoms with Gasteiger partial charge in [0.1, 0.15) is 12.4 Å². The Morgan fingerprint density at radius 3 is 2.50 bits per heavy atom. The number of nitrogens with zero attached hydrogens (tertiary/aromatic N) is 2. The molecule has 2 amide bonds. The fourth-order valence-electron chi connectivity index (χ4n) is 4.12. The molecular weight excluding hydrogens is 384 g/mol. The molecule has 2 heterocycles. The average Bonchev–Trinajstić information content (AvgIpc) is 2.98. The molecule has 2 aromatic rings. The molecule has 0 bridgehead atoms. The lowest BCUT2D eigenvalue weighted by molar-refractivity contribution is 0.0398. The van der Waals surface area contributed by atoms with Crippen molar-refractivity contribution in [2.24, 2.45) is 0 Å². The second-order valence-corrected chi connectivity index (χ2v) is 7.70. The van der Waals surface area contributed by atoms with Gasteiger partial charge in [-0.05, 0) is 30.5 Å². The molecule has 1 fully saturated rings. The van der Waals surface area contributed by atoms with Gasteiger partial charge in [0.25, 0.3) is 0 Å². The minimum absolute atomic E-state index is 0.0304. The molecule has 0 aliphatic carbocycles. The van der Waals surface area contributed by atoms with Crippen LogP contribution in [0.25, 0.3) is 0 Å². The predicted molar refractivity (Wildman–Crippen MR) is 111 cm³/mol. The number of benzene rings is 2. The fourth-order valence-corrected chi connectivity index (χ4v) is 4.12. The molecule has 0 spiro atoms. The molecule has 1 atom stereocenters. The van der Waals surface area contributed by atoms with Crippen molar-refractivity contribution in [1.29, 1.82) is 0 Å². The van der Waals surface area contributed by atoms with E-state index in [1.165, 1.54) is 6.07 Å². The zero-order valence-electron chi connectivity index (χ0n) is 17.0. The topological polar surface area (TPSA) is 79.3 Å². The summed E-state index contributed by atoms with van der Waals surface area (Å²) in [6.45, 7) is 1.93. The average molecular weight is 410 g/mol. The van der Waals surface area contributed by atoms with E-state index in [1.54, 1.807) is 19.2 Å². The molecule has 4 rings (SSSR count). The molecule has 158 valence electrons. The molecule has 1 unspecified atom stereocenters. The molecular formula is C23H26N2O5. The third-order valence-corrected chi connectivity index (χ3v) is 5.90. The second-order valence-electron chi connectivity index (χ2n) is 7.70. The minimum atomic E-state index is -1.00. The number of methoxy groups -OCH3 is 1. The number of piperidine rings is 1. The van der Waals surface area contributed by atoms with Gasteiger partial charge in [0, 0.05) is 25.8 Å². The number of ether oxygens (including phenoxy) is 2. The van der Waals surface area contributed by atoms with Crippen LogP contribution >= 0.6 is 0 Å². The smallest absolute Gasteiger partial charge is 0.335 e. The first kappa shape index (κ1) is 20.2. The van der Waals surface area contributed by atoms with Crippen molar-refractivity contribution in [2.45, 2.75) is 31.5 Å². The van der Waals surface area contributed by atoms with Crippen molar-refractivity contribution in [2.75, 3.05) is 26.8 Å². The van der Waals surface area contributed by atoms with E-state index in [4.69, 9.17) is 9.47 Å². The Kier molecular flexibility index (Phi) is 5.90. The standard InChI is InChI=1S/C23H26N2O5/c1-29-19-9-11-24(12-10-19)23(28)25-14-18-8-7-17(22(26)27)13-21(18)30-15-20(25)16-5-3-2-4-6-16/h2-8,13,19-20H,9-12,14-15H2,1H3,(H,26,27). The molecule has 7 nitrogen and oxygen atoms in total. The van der Waals surface area contributed by atoms with Gasteiger partial charge < -0.3 is 24.4 Å². The maximum absolute atomic E-state index is 13.5. The summed E-state index contributed by atoms with van der Waals surface area (Å²) in [6.07, 6.45) is 1.84. The SMILES string of the molecule is COC1CCN(C(=O)N2Cc3ccc(C(=O)O)cc3OCC2c2ccccc2)CC1. The van der Waals surface area contributed by atoms with Gasteiger partial charge in [0.05, 0.1) is 24.3 Å². The number of urea groups is 1. The fraction of sp³-hybridized carbons (Fsp3) is 0.391. The predicted octanol–water partition coefficient (Wildman–Crippen LogP) is 3.55. The van der Waals surface area contributed by atoms with Crippen LogP contribution < -0.4 is 4.74 Å². The number of hydrogen-bond donors (Lipinski definition) is 1. The van der Waals surface area contributed by atoms with Crippen LogP contribution in [0.5, 0.6) is 5.75 Å². The summed E-state index contributed by atoms with van der Waals surface area (Å²) in [5.74, 6) is -0.483. The van der Waals surface area contributed by atoms with E-state index in [9.17, 15) is 14.7 Å². The van der Waals surface area contributed by atoms with E-state index in [0.29, 0.717) is 25.4 Å². The first-order chi connectivity index (χ1) is 14.6. The van der Waals surface area contributed by atoms with Crippen LogP contribution in [0.2, 0.25) is 0 Å². The highest BCUT2D eigenvalue weighted by Gasteiger charge is 2.34. The van der Waals surface area contributed by atoms with Gasteiger partial charge in [-0.25, -0.2) is 9.59 Å². The highest BCUT2D eigenvalue weighted by atomic mass is 16.5. The van der Waals surface area contributed by atoms with Gasteiger partial charge >= 0.3 is 12.0 Å². The number of likely N-dealkylation sites (tertiary alicyclic amines) is 1. The van der Waals surface area contributed by atoms with Crippen molar-refractivity contribution in [3.63, 3.8) is 0 Å². The first-order valence-corrected chi connectivity index (χ1v) is 10.2. The van der Waals surface area contributed by atoms with Crippen LogP contribution in [0.1, 0.15) is 40.4 Å². The number of amides is 2. The number of carbonyl (C=O) groups excluding carboxylic acids is 1. The van der Waals surface area contributed by atoms with E-state index < -0.39 is 5.97 Å². The Morgan fingerprint density at radius 2 is 1.83 bits per heavy atom. The third kappa shape index (κ3) is 4.11. The summed E-state index contributed by atoms with van der Waals surface area (Å²) in [5.41, 5.74) is 1.97. The Bertz CT molecular complexity index is 909. The van der Waals surface area contributed by atoms with Gasteiger partial charge in [-0.15, -0.1) is 0 Å². The number of rotatable bonds is 3. The Balaban J connectivity index is 1.64. The monoisotopic (exact) mass is 410 g/mol. The van der Waals surface area contributed by atoms with Crippen molar-refractivity contribution < 1.29 is 24.2 Å². The summed E-state index contributed by atoms with van der Waals surface area (Å²) >= 11 is 0. The van der Waals surface area contributed by atoms with Crippen LogP contribution in [-0.2, 0) is 11.3 Å². The van der Waals surface area contributed by atoms with Crippen LogP contribution in [0.3, 0.4) is 0 Å². The number of carboxylic acid groups (broad SMARTS) is 1. The molecule has 0 radical (unpaired) electrons. The van der Waals surface area contributed by atoms with E-state index in [2.05, 4.69) is 0 Å². The molecule has 2 aliphatic rings. The van der Waals surface area contributed by atoms with Gasteiger partial charge in [-0.2, -0.15) is 0 Å². The van der Waals surface area contributed by atoms with Crippen molar-refractivity contribution >= 4 is 12.0 Å². The Labute approximate surface area is 175 Å². The Hall–Kier alpha value is -3.06. The molecule has 30 heavy (non-hydrogen) atoms. The minimum Gasteiger partial charge on any atom is -0.491 e. The van der Waals surface area contributed by atoms with Crippen LogP contribution in [0.15, 0.2) is 48.5 Å². The number of aromatic carboxylic acids is 1. The van der Waals surface area contributed by atoms with Crippen LogP contribution in [0.4, 0.5) is 4.79 Å². The zero-order chi connectivity index (χ0) is 21.1. The van der Waals surface area contributed by atoms with Gasteiger partial charge in [0.2, 0.25) is 0 Å². The largest absolute Gasteiger partial charge is 0.491 e. The van der Waals surface area contributed by atoms with Crippen molar-refractivity contribution in [3.05, 3.63) is 65.2 Å². The molecule has 0 saturated carbocycles. The molecule has 2 aromatic carbocycles. The van der Waals surface area contributed by atoms with Gasteiger partial charge in [-0.1, -0.05) is 36.4 Å². The molecule has 1 saturated heterocycles. The number of hydrogen-bond acceptors (Lipinski definition) is 4. The van der Waals surface area contributed by atoms with Crippen LogP contribution in [0, 0.1) is 0 Å². The summed E-state index contributed by atoms with van der Waals surface area (Å²) in [6, 6.07) is 14.4. The van der Waals surface area contributed by atoms with Gasteiger partial charge in [0.15, 0.2) is 0 Å². The number of fused-ring (bicyclic) bond motifs is 1. The number of carbonyl (C=O) groups is 2. The molecule has 2 aliphatic heterocycles. The highest BCUT2D eigenvalue weighted by molar-refractivity contribution is 5.88. The normalized spacial score (nSPS) is 19.6. The summed E-state index contributed by atoms with van der Waals surface area (Å²) in [4.78, 5) is 28.6.